The molecule has 1 aromatic rings. The normalized spacial score (nSPS) is 22.4. The van der Waals surface area contributed by atoms with Crippen molar-refractivity contribution in [1.82, 2.24) is 0 Å². The van der Waals surface area contributed by atoms with E-state index in [0.717, 1.165) is 31.2 Å². The third kappa shape index (κ3) is 5.95. The molecule has 136 valence electrons. The molecule has 1 fully saturated rings. The van der Waals surface area contributed by atoms with Crippen LogP contribution in [-0.2, 0) is 0 Å². The highest BCUT2D eigenvalue weighted by molar-refractivity contribution is 5.29. The van der Waals surface area contributed by atoms with Crippen LogP contribution in [0.1, 0.15) is 63.4 Å². The van der Waals surface area contributed by atoms with Crippen LogP contribution in [0.25, 0.3) is 0 Å². The average Bonchev–Trinajstić information content (AvgIpc) is 2.47. The summed E-state index contributed by atoms with van der Waals surface area (Å²) in [5, 5.41) is 0. The molecule has 0 heterocycles. The zero-order valence-corrected chi connectivity index (χ0v) is 13.7. The van der Waals surface area contributed by atoms with Crippen LogP contribution in [-0.4, -0.2) is 12.3 Å². The van der Waals surface area contributed by atoms with Gasteiger partial charge in [0.2, 0.25) is 5.92 Å². The largest absolute Gasteiger partial charge is 0.573 e. The Morgan fingerprint density at radius 2 is 1.54 bits per heavy atom. The van der Waals surface area contributed by atoms with Gasteiger partial charge in [0, 0.05) is 12.8 Å². The zero-order chi connectivity index (χ0) is 17.8. The second-order valence-corrected chi connectivity index (χ2v) is 6.64. The molecule has 0 bridgehead atoms. The summed E-state index contributed by atoms with van der Waals surface area (Å²) in [7, 11) is 0. The molecular weight excluding hydrogens is 327 g/mol. The topological polar surface area (TPSA) is 9.23 Å². The Hall–Kier alpha value is -1.33. The van der Waals surface area contributed by atoms with Crippen molar-refractivity contribution in [3.05, 3.63) is 29.8 Å². The molecule has 6 heteroatoms. The summed E-state index contributed by atoms with van der Waals surface area (Å²) >= 11 is 0. The molecule has 1 aliphatic rings. The molecule has 2 rings (SSSR count). The lowest BCUT2D eigenvalue weighted by molar-refractivity contribution is -0.274. The van der Waals surface area contributed by atoms with Crippen LogP contribution in [0.4, 0.5) is 22.0 Å². The first-order valence-electron chi connectivity index (χ1n) is 8.42. The van der Waals surface area contributed by atoms with E-state index in [-0.39, 0.29) is 30.4 Å². The van der Waals surface area contributed by atoms with Crippen molar-refractivity contribution in [3.63, 3.8) is 0 Å². The first kappa shape index (κ1) is 19.0. The molecule has 0 atom stereocenters. The maximum absolute atomic E-state index is 13.7. The van der Waals surface area contributed by atoms with E-state index in [1.807, 2.05) is 0 Å². The lowest BCUT2D eigenvalue weighted by atomic mass is 9.76. The molecule has 0 aliphatic heterocycles. The van der Waals surface area contributed by atoms with Crippen molar-refractivity contribution >= 4 is 0 Å². The average molecular weight is 350 g/mol. The summed E-state index contributed by atoms with van der Waals surface area (Å²) in [4.78, 5) is 0. The van der Waals surface area contributed by atoms with Gasteiger partial charge >= 0.3 is 6.36 Å². The van der Waals surface area contributed by atoms with E-state index < -0.39 is 12.3 Å². The van der Waals surface area contributed by atoms with E-state index in [0.29, 0.717) is 6.42 Å². The molecule has 1 saturated carbocycles. The quantitative estimate of drug-likeness (QED) is 0.520. The number of hydrogen-bond acceptors (Lipinski definition) is 1. The van der Waals surface area contributed by atoms with Crippen LogP contribution in [0.5, 0.6) is 5.75 Å². The lowest BCUT2D eigenvalue weighted by Crippen LogP contribution is -2.23. The summed E-state index contributed by atoms with van der Waals surface area (Å²) in [6.45, 7) is 1.76. The van der Waals surface area contributed by atoms with Crippen molar-refractivity contribution in [2.45, 2.75) is 70.1 Å². The van der Waals surface area contributed by atoms with Gasteiger partial charge in [0.25, 0.3) is 0 Å². The van der Waals surface area contributed by atoms with Gasteiger partial charge in [0.15, 0.2) is 0 Å². The highest BCUT2D eigenvalue weighted by atomic mass is 19.4. The SMILES string of the molecule is CCCC(F)(F)CC1CCC(c2ccc(OC(F)(F)F)cc2)CC1. The fourth-order valence-electron chi connectivity index (χ4n) is 3.53. The Kier molecular flexibility index (Phi) is 6.10. The van der Waals surface area contributed by atoms with Crippen molar-refractivity contribution in [2.75, 3.05) is 0 Å². The number of alkyl halides is 5. The van der Waals surface area contributed by atoms with Crippen LogP contribution >= 0.6 is 0 Å². The summed E-state index contributed by atoms with van der Waals surface area (Å²) in [5.74, 6) is -2.56. The van der Waals surface area contributed by atoms with E-state index in [1.165, 1.54) is 12.1 Å². The van der Waals surface area contributed by atoms with Gasteiger partial charge in [-0.3, -0.25) is 0 Å². The Labute approximate surface area is 139 Å². The maximum atomic E-state index is 13.7. The molecule has 0 saturated heterocycles. The third-order valence-corrected chi connectivity index (χ3v) is 4.63. The van der Waals surface area contributed by atoms with E-state index in [9.17, 15) is 22.0 Å². The van der Waals surface area contributed by atoms with Crippen molar-refractivity contribution in [3.8, 4) is 5.75 Å². The minimum absolute atomic E-state index is 0.0376. The molecule has 1 aromatic carbocycles. The smallest absolute Gasteiger partial charge is 0.406 e. The second kappa shape index (κ2) is 7.70. The number of halogens is 5. The fourth-order valence-corrected chi connectivity index (χ4v) is 3.53. The summed E-state index contributed by atoms with van der Waals surface area (Å²) in [5.41, 5.74) is 0.947. The second-order valence-electron chi connectivity index (χ2n) is 6.64. The van der Waals surface area contributed by atoms with Gasteiger partial charge in [0.1, 0.15) is 5.75 Å². The monoisotopic (exact) mass is 350 g/mol. The molecule has 0 radical (unpaired) electrons. The summed E-state index contributed by atoms with van der Waals surface area (Å²) < 4.78 is 67.7. The van der Waals surface area contributed by atoms with Gasteiger partial charge in [-0.25, -0.2) is 8.78 Å². The number of benzene rings is 1. The Bertz CT molecular complexity index is 501. The maximum Gasteiger partial charge on any atom is 0.573 e. The molecule has 0 aromatic heterocycles. The number of ether oxygens (including phenoxy) is 1. The van der Waals surface area contributed by atoms with E-state index in [1.54, 1.807) is 19.1 Å². The molecule has 0 unspecified atom stereocenters. The predicted octanol–water partition coefficient (Wildman–Crippen LogP) is 6.68. The van der Waals surface area contributed by atoms with Crippen LogP contribution in [0.2, 0.25) is 0 Å². The third-order valence-electron chi connectivity index (χ3n) is 4.63. The number of hydrogen-bond donors (Lipinski definition) is 0. The summed E-state index contributed by atoms with van der Waals surface area (Å²) in [6, 6.07) is 5.89. The molecule has 0 amide bonds. The highest BCUT2D eigenvalue weighted by Crippen LogP contribution is 2.41. The van der Waals surface area contributed by atoms with Crippen LogP contribution in [0.15, 0.2) is 24.3 Å². The van der Waals surface area contributed by atoms with Crippen molar-refractivity contribution < 1.29 is 26.7 Å². The van der Waals surface area contributed by atoms with E-state index >= 15 is 0 Å². The van der Waals surface area contributed by atoms with Gasteiger partial charge in [-0.05, 0) is 55.2 Å². The Morgan fingerprint density at radius 3 is 2.04 bits per heavy atom. The van der Waals surface area contributed by atoms with Crippen LogP contribution in [0, 0.1) is 5.92 Å². The van der Waals surface area contributed by atoms with Gasteiger partial charge in [0.05, 0.1) is 0 Å². The first-order chi connectivity index (χ1) is 11.2. The minimum atomic E-state index is -4.69. The van der Waals surface area contributed by atoms with Crippen LogP contribution in [0.3, 0.4) is 0 Å². The van der Waals surface area contributed by atoms with Gasteiger partial charge in [-0.15, -0.1) is 13.2 Å². The standard InChI is InChI=1S/C18H23F5O/c1-2-11-17(19,20)12-13-3-5-14(6-4-13)15-7-9-16(10-8-15)24-18(21,22)23/h7-10,13-14H,2-6,11-12H2,1H3. The van der Waals surface area contributed by atoms with Gasteiger partial charge in [-0.2, -0.15) is 0 Å². The van der Waals surface area contributed by atoms with Crippen molar-refractivity contribution in [2.24, 2.45) is 5.92 Å². The summed E-state index contributed by atoms with van der Waals surface area (Å²) in [6.07, 6.45) is -1.24. The first-order valence-corrected chi connectivity index (χ1v) is 8.42. The molecular formula is C18H23F5O. The molecule has 1 aliphatic carbocycles. The molecule has 24 heavy (non-hydrogen) atoms. The van der Waals surface area contributed by atoms with Gasteiger partial charge in [-0.1, -0.05) is 25.5 Å². The molecule has 0 N–H and O–H groups in total. The molecule has 1 nitrogen and oxygen atoms in total. The van der Waals surface area contributed by atoms with E-state index in [2.05, 4.69) is 4.74 Å². The highest BCUT2D eigenvalue weighted by Gasteiger charge is 2.34. The minimum Gasteiger partial charge on any atom is -0.406 e. The Morgan fingerprint density at radius 1 is 0.958 bits per heavy atom. The zero-order valence-electron chi connectivity index (χ0n) is 13.7. The molecule has 0 spiro atoms. The lowest BCUT2D eigenvalue weighted by Gasteiger charge is -2.31. The fraction of sp³-hybridized carbons (Fsp3) is 0.667. The predicted molar refractivity (Wildman–Crippen MR) is 82.3 cm³/mol. The van der Waals surface area contributed by atoms with Crippen LogP contribution < -0.4 is 4.74 Å². The number of rotatable bonds is 6. The Balaban J connectivity index is 1.86. The van der Waals surface area contributed by atoms with Gasteiger partial charge < -0.3 is 4.74 Å². The van der Waals surface area contributed by atoms with Crippen molar-refractivity contribution in [1.29, 1.82) is 0 Å². The van der Waals surface area contributed by atoms with E-state index in [4.69, 9.17) is 0 Å².